The number of rotatable bonds is 5. The second-order valence-corrected chi connectivity index (χ2v) is 19.5. The number of furan rings is 1. The zero-order valence-electron chi connectivity index (χ0n) is 38.4. The van der Waals surface area contributed by atoms with E-state index in [0.717, 1.165) is 77.7 Å². The second kappa shape index (κ2) is 14.9. The van der Waals surface area contributed by atoms with Crippen molar-refractivity contribution < 1.29 is 4.42 Å². The van der Waals surface area contributed by atoms with Gasteiger partial charge in [-0.25, -0.2) is 0 Å². The van der Waals surface area contributed by atoms with Crippen LogP contribution in [-0.2, 0) is 5.41 Å². The van der Waals surface area contributed by atoms with Crippen molar-refractivity contribution in [3.05, 3.63) is 218 Å². The summed E-state index contributed by atoms with van der Waals surface area (Å²) in [5, 5.41) is 10.5. The summed E-state index contributed by atoms with van der Waals surface area (Å²) in [5.74, 6) is 0. The van der Waals surface area contributed by atoms with E-state index in [4.69, 9.17) is 14.4 Å². The molecule has 14 rings (SSSR count). The molecule has 0 aliphatic carbocycles. The maximum atomic E-state index is 6.73. The van der Waals surface area contributed by atoms with Gasteiger partial charge in [-0.15, -0.1) is 0 Å². The van der Waals surface area contributed by atoms with E-state index in [-0.39, 0.29) is 5.41 Å². The van der Waals surface area contributed by atoms with Crippen molar-refractivity contribution in [2.24, 2.45) is 0 Å². The number of fused-ring (bicyclic) bond motifs is 12. The summed E-state index contributed by atoms with van der Waals surface area (Å²) in [6, 6.07) is 73.0. The standard InChI is InChI=1S/C64H44N4O/c1-64(2,3)45-25-28-59-54(36-45)62-48-18-8-7-14-39(48)23-27-60(62)68(59)47-31-42(40-24-26-58-51(33-40)49-19-9-11-21-57(49)67(58)46-16-5-4-6-17-46)30-43(32-47)44-34-52-50-20-10-12-22-61(50)69-63(52)53(35-44)56-37-55-41(38-66-56)15-13-29-65-55/h4-38H,1-3H3. The highest BCUT2D eigenvalue weighted by molar-refractivity contribution is 6.22. The molecule has 0 aliphatic rings. The molecule has 0 fully saturated rings. The fraction of sp³-hybridized carbons (Fsp3) is 0.0625. The molecule has 0 aliphatic heterocycles. The quantitative estimate of drug-likeness (QED) is 0.173. The van der Waals surface area contributed by atoms with Crippen LogP contribution in [0.5, 0.6) is 0 Å². The molecule has 326 valence electrons. The van der Waals surface area contributed by atoms with Crippen LogP contribution in [0.2, 0.25) is 0 Å². The van der Waals surface area contributed by atoms with E-state index >= 15 is 0 Å². The Labute approximate surface area is 398 Å². The molecule has 0 amide bonds. The van der Waals surface area contributed by atoms with E-state index in [1.54, 1.807) is 0 Å². The van der Waals surface area contributed by atoms with Gasteiger partial charge in [0.05, 0.1) is 33.3 Å². The smallest absolute Gasteiger partial charge is 0.144 e. The van der Waals surface area contributed by atoms with E-state index < -0.39 is 0 Å². The molecular weight excluding hydrogens is 841 g/mol. The highest BCUT2D eigenvalue weighted by Crippen LogP contribution is 2.44. The highest BCUT2D eigenvalue weighted by Gasteiger charge is 2.23. The lowest BCUT2D eigenvalue weighted by atomic mass is 9.86. The molecule has 0 bridgehead atoms. The van der Waals surface area contributed by atoms with Gasteiger partial charge >= 0.3 is 0 Å². The fourth-order valence-corrected chi connectivity index (χ4v) is 10.9. The molecule has 5 heterocycles. The summed E-state index contributed by atoms with van der Waals surface area (Å²) in [4.78, 5) is 9.77. The van der Waals surface area contributed by atoms with Crippen LogP contribution in [-0.4, -0.2) is 19.1 Å². The Morgan fingerprint density at radius 1 is 0.420 bits per heavy atom. The van der Waals surface area contributed by atoms with Crippen LogP contribution < -0.4 is 0 Å². The van der Waals surface area contributed by atoms with Crippen molar-refractivity contribution in [1.82, 2.24) is 19.1 Å². The van der Waals surface area contributed by atoms with Crippen molar-refractivity contribution >= 4 is 87.2 Å². The molecule has 5 aromatic heterocycles. The Balaban J connectivity index is 1.08. The molecule has 0 atom stereocenters. The zero-order chi connectivity index (χ0) is 46.0. The summed E-state index contributed by atoms with van der Waals surface area (Å²) in [6.07, 6.45) is 3.75. The number of benzene rings is 9. The van der Waals surface area contributed by atoms with Crippen LogP contribution >= 0.6 is 0 Å². The van der Waals surface area contributed by atoms with Gasteiger partial charge < -0.3 is 13.6 Å². The zero-order valence-corrected chi connectivity index (χ0v) is 38.4. The van der Waals surface area contributed by atoms with Crippen molar-refractivity contribution in [3.63, 3.8) is 0 Å². The Kier molecular flexibility index (Phi) is 8.47. The lowest BCUT2D eigenvalue weighted by Gasteiger charge is -2.19. The third-order valence-corrected chi connectivity index (χ3v) is 14.3. The normalized spacial score (nSPS) is 12.3. The van der Waals surface area contributed by atoms with Crippen molar-refractivity contribution in [2.75, 3.05) is 0 Å². The molecule has 5 nitrogen and oxygen atoms in total. The Bertz CT molecular complexity index is 4410. The van der Waals surface area contributed by atoms with Crippen LogP contribution in [0, 0.1) is 0 Å². The Hall–Kier alpha value is -8.80. The molecule has 0 unspecified atom stereocenters. The number of pyridine rings is 2. The van der Waals surface area contributed by atoms with E-state index in [9.17, 15) is 0 Å². The van der Waals surface area contributed by atoms with Crippen LogP contribution in [0.4, 0.5) is 0 Å². The van der Waals surface area contributed by atoms with Crippen molar-refractivity contribution in [1.29, 1.82) is 0 Å². The minimum Gasteiger partial charge on any atom is -0.455 e. The number of hydrogen-bond acceptors (Lipinski definition) is 3. The molecule has 5 heteroatoms. The molecule has 0 N–H and O–H groups in total. The minimum atomic E-state index is -0.0217. The van der Waals surface area contributed by atoms with E-state index in [2.05, 4.69) is 218 Å². The second-order valence-electron chi connectivity index (χ2n) is 19.5. The molecule has 0 spiro atoms. The SMILES string of the molecule is CC(C)(C)c1ccc2c(c1)c1c3ccccc3ccc1n2-c1cc(-c2cc(-c3cc4ncccc4cn3)c3oc4ccccc4c3c2)cc(-c2ccc3c(c2)c2ccccc2n3-c2ccccc2)c1. The van der Waals surface area contributed by atoms with Gasteiger partial charge in [-0.2, -0.15) is 0 Å². The van der Waals surface area contributed by atoms with Gasteiger partial charge in [-0.05, 0) is 147 Å². The van der Waals surface area contributed by atoms with E-state index in [1.165, 1.54) is 59.9 Å². The number of para-hydroxylation sites is 3. The topological polar surface area (TPSA) is 48.8 Å². The summed E-state index contributed by atoms with van der Waals surface area (Å²) < 4.78 is 11.6. The molecule has 9 aromatic carbocycles. The van der Waals surface area contributed by atoms with Crippen molar-refractivity contribution in [2.45, 2.75) is 26.2 Å². The van der Waals surface area contributed by atoms with Gasteiger partial charge in [0.15, 0.2) is 0 Å². The van der Waals surface area contributed by atoms with Gasteiger partial charge in [0.25, 0.3) is 0 Å². The maximum Gasteiger partial charge on any atom is 0.144 e. The predicted molar refractivity (Wildman–Crippen MR) is 288 cm³/mol. The summed E-state index contributed by atoms with van der Waals surface area (Å²) in [7, 11) is 0. The third kappa shape index (κ3) is 6.17. The minimum absolute atomic E-state index is 0.0217. The molecule has 14 aromatic rings. The largest absolute Gasteiger partial charge is 0.455 e. The molecule has 0 saturated carbocycles. The van der Waals surface area contributed by atoms with Crippen molar-refractivity contribution in [3.8, 4) is 44.9 Å². The summed E-state index contributed by atoms with van der Waals surface area (Å²) >= 11 is 0. The average molecular weight is 885 g/mol. The van der Waals surface area contributed by atoms with Crippen LogP contribution in [0.1, 0.15) is 26.3 Å². The van der Waals surface area contributed by atoms with Gasteiger partial charge in [-0.3, -0.25) is 9.97 Å². The van der Waals surface area contributed by atoms with Crippen LogP contribution in [0.25, 0.3) is 132 Å². The van der Waals surface area contributed by atoms with Gasteiger partial charge in [-0.1, -0.05) is 118 Å². The van der Waals surface area contributed by atoms with Gasteiger partial charge in [0.1, 0.15) is 11.2 Å². The number of nitrogens with zero attached hydrogens (tertiary/aromatic N) is 4. The molecule has 0 saturated heterocycles. The van der Waals surface area contributed by atoms with E-state index in [1.807, 2.05) is 24.5 Å². The molecule has 69 heavy (non-hydrogen) atoms. The van der Waals surface area contributed by atoms with Crippen LogP contribution in [0.3, 0.4) is 0 Å². The first-order valence-corrected chi connectivity index (χ1v) is 23.7. The Morgan fingerprint density at radius 2 is 1.09 bits per heavy atom. The first-order chi connectivity index (χ1) is 33.8. The highest BCUT2D eigenvalue weighted by atomic mass is 16.3. The lowest BCUT2D eigenvalue weighted by molar-refractivity contribution is 0.591. The first kappa shape index (κ1) is 39.4. The number of aromatic nitrogens is 4. The monoisotopic (exact) mass is 884 g/mol. The predicted octanol–water partition coefficient (Wildman–Crippen LogP) is 17.2. The van der Waals surface area contributed by atoms with E-state index in [0.29, 0.717) is 0 Å². The summed E-state index contributed by atoms with van der Waals surface area (Å²) in [6.45, 7) is 6.90. The first-order valence-electron chi connectivity index (χ1n) is 23.7. The Morgan fingerprint density at radius 3 is 1.96 bits per heavy atom. The summed E-state index contributed by atoms with van der Waals surface area (Å²) in [5.41, 5.74) is 16.9. The lowest BCUT2D eigenvalue weighted by Crippen LogP contribution is -2.10. The fourth-order valence-electron chi connectivity index (χ4n) is 10.9. The maximum absolute atomic E-state index is 6.73. The molecular formula is C64H44N4O. The van der Waals surface area contributed by atoms with Crippen LogP contribution in [0.15, 0.2) is 217 Å². The van der Waals surface area contributed by atoms with Gasteiger partial charge in [0.2, 0.25) is 0 Å². The molecule has 0 radical (unpaired) electrons. The third-order valence-electron chi connectivity index (χ3n) is 14.3. The average Bonchev–Trinajstić information content (AvgIpc) is 4.05. The number of hydrogen-bond donors (Lipinski definition) is 0. The van der Waals surface area contributed by atoms with Gasteiger partial charge in [0, 0.05) is 67.0 Å².